The molecule has 1 aromatic heterocycles. The third-order valence-electron chi connectivity index (χ3n) is 4.24. The number of pyridine rings is 1. The maximum Gasteiger partial charge on any atom is 0.415 e. The van der Waals surface area contributed by atoms with Gasteiger partial charge in [0.2, 0.25) is 0 Å². The first kappa shape index (κ1) is 19.1. The Labute approximate surface area is 161 Å². The molecule has 3 rings (SSSR count). The molecule has 0 saturated carbocycles. The Morgan fingerprint density at radius 3 is 2.54 bits per heavy atom. The average molecular weight is 383 g/mol. The molecule has 2 amide bonds. The van der Waals surface area contributed by atoms with Gasteiger partial charge >= 0.3 is 6.09 Å². The summed E-state index contributed by atoms with van der Waals surface area (Å²) < 4.78 is 4.99. The van der Waals surface area contributed by atoms with Crippen LogP contribution in [0.1, 0.15) is 11.3 Å². The second-order valence-electron chi connectivity index (χ2n) is 6.38. The highest BCUT2D eigenvalue weighted by atomic mass is 16.6. The maximum absolute atomic E-state index is 12.0. The zero-order valence-electron chi connectivity index (χ0n) is 15.5. The van der Waals surface area contributed by atoms with Crippen molar-refractivity contribution < 1.29 is 14.3 Å². The second-order valence-corrected chi connectivity index (χ2v) is 6.38. The topological polar surface area (TPSA) is 153 Å². The SMILES string of the molecule is Cc1cc(-c2ccc(/C(N)=N/N(C)N)nc2)ccc1N1CC(C(N)=O)OC1=O. The molecule has 1 aliphatic heterocycles. The molecule has 1 saturated heterocycles. The molecule has 10 heteroatoms. The Morgan fingerprint density at radius 2 is 2.00 bits per heavy atom. The lowest BCUT2D eigenvalue weighted by Crippen LogP contribution is -2.32. The highest BCUT2D eigenvalue weighted by Crippen LogP contribution is 2.29. The minimum absolute atomic E-state index is 0.0960. The first-order valence-corrected chi connectivity index (χ1v) is 8.43. The van der Waals surface area contributed by atoms with E-state index in [1.54, 1.807) is 25.4 Å². The Morgan fingerprint density at radius 1 is 1.29 bits per heavy atom. The Bertz CT molecular complexity index is 941. The van der Waals surface area contributed by atoms with Crippen molar-refractivity contribution in [2.24, 2.45) is 22.4 Å². The van der Waals surface area contributed by atoms with Crippen LogP contribution >= 0.6 is 0 Å². The molecule has 0 radical (unpaired) electrons. The summed E-state index contributed by atoms with van der Waals surface area (Å²) in [6.07, 6.45) is 0.143. The number of aryl methyl sites for hydroxylation is 1. The molecule has 146 valence electrons. The van der Waals surface area contributed by atoms with Gasteiger partial charge in [-0.3, -0.25) is 14.7 Å². The number of ether oxygens (including phenoxy) is 1. The summed E-state index contributed by atoms with van der Waals surface area (Å²) in [5.41, 5.74) is 14.8. The van der Waals surface area contributed by atoms with Crippen molar-refractivity contribution in [3.05, 3.63) is 47.8 Å². The van der Waals surface area contributed by atoms with Crippen molar-refractivity contribution in [3.8, 4) is 11.1 Å². The molecular weight excluding hydrogens is 362 g/mol. The van der Waals surface area contributed by atoms with Gasteiger partial charge in [-0.05, 0) is 36.2 Å². The van der Waals surface area contributed by atoms with Gasteiger partial charge < -0.3 is 16.2 Å². The summed E-state index contributed by atoms with van der Waals surface area (Å²) in [6.45, 7) is 1.96. The van der Waals surface area contributed by atoms with E-state index in [4.69, 9.17) is 22.0 Å². The van der Waals surface area contributed by atoms with E-state index < -0.39 is 18.1 Å². The van der Waals surface area contributed by atoms with Crippen LogP contribution in [0.15, 0.2) is 41.6 Å². The molecule has 1 aliphatic rings. The fourth-order valence-electron chi connectivity index (χ4n) is 2.88. The summed E-state index contributed by atoms with van der Waals surface area (Å²) in [4.78, 5) is 29.0. The van der Waals surface area contributed by atoms with Gasteiger partial charge in [0.1, 0.15) is 5.69 Å². The summed E-state index contributed by atoms with van der Waals surface area (Å²) in [7, 11) is 1.56. The van der Waals surface area contributed by atoms with Gasteiger partial charge in [-0.15, -0.1) is 5.10 Å². The van der Waals surface area contributed by atoms with Crippen LogP contribution in [0.25, 0.3) is 11.1 Å². The highest BCUT2D eigenvalue weighted by molar-refractivity contribution is 5.96. The van der Waals surface area contributed by atoms with E-state index in [0.29, 0.717) is 11.4 Å². The molecular formula is C18H21N7O3. The predicted octanol–water partition coefficient (Wildman–Crippen LogP) is 0.293. The van der Waals surface area contributed by atoms with Crippen molar-refractivity contribution in [3.63, 3.8) is 0 Å². The molecule has 1 atom stereocenters. The van der Waals surface area contributed by atoms with Crippen LogP contribution < -0.4 is 22.2 Å². The number of hydrogen-bond donors (Lipinski definition) is 3. The smallest absolute Gasteiger partial charge is 0.415 e. The number of nitrogens with two attached hydrogens (primary N) is 3. The van der Waals surface area contributed by atoms with Gasteiger partial charge in [0.15, 0.2) is 11.9 Å². The monoisotopic (exact) mass is 383 g/mol. The van der Waals surface area contributed by atoms with Crippen LogP contribution in [0, 0.1) is 6.92 Å². The number of hydrazone groups is 1. The molecule has 10 nitrogen and oxygen atoms in total. The van der Waals surface area contributed by atoms with Gasteiger partial charge in [0, 0.05) is 18.8 Å². The van der Waals surface area contributed by atoms with Crippen molar-refractivity contribution >= 4 is 23.5 Å². The number of carbonyl (C=O) groups is 2. The molecule has 2 heterocycles. The minimum atomic E-state index is -0.942. The molecule has 1 fully saturated rings. The fraction of sp³-hybridized carbons (Fsp3) is 0.222. The quantitative estimate of drug-likeness (QED) is 0.290. The van der Waals surface area contributed by atoms with E-state index in [-0.39, 0.29) is 12.4 Å². The van der Waals surface area contributed by atoms with E-state index in [9.17, 15) is 9.59 Å². The molecule has 0 bridgehead atoms. The van der Waals surface area contributed by atoms with Crippen LogP contribution in [-0.4, -0.2) is 47.6 Å². The van der Waals surface area contributed by atoms with E-state index in [1.165, 1.54) is 4.90 Å². The van der Waals surface area contributed by atoms with Crippen molar-refractivity contribution in [1.82, 2.24) is 10.1 Å². The molecule has 0 aliphatic carbocycles. The van der Waals surface area contributed by atoms with Crippen molar-refractivity contribution in [1.29, 1.82) is 0 Å². The third kappa shape index (κ3) is 3.86. The van der Waals surface area contributed by atoms with Crippen LogP contribution in [0.3, 0.4) is 0 Å². The van der Waals surface area contributed by atoms with E-state index in [2.05, 4.69) is 10.1 Å². The number of hydrogen-bond acceptors (Lipinski definition) is 7. The van der Waals surface area contributed by atoms with Crippen molar-refractivity contribution in [2.75, 3.05) is 18.5 Å². The molecule has 1 aromatic carbocycles. The van der Waals surface area contributed by atoms with Crippen LogP contribution in [0.2, 0.25) is 0 Å². The van der Waals surface area contributed by atoms with Gasteiger partial charge in [0.05, 0.1) is 12.2 Å². The Kier molecular flexibility index (Phi) is 5.14. The standard InChI is InChI=1S/C18H21N7O3/c1-10-7-11(12-3-5-13(22-8-12)16(19)23-24(2)21)4-6-14(10)25-9-15(17(20)26)28-18(25)27/h3-8,15H,9,21H2,1-2H3,(H2,19,23)(H2,20,26). The number of benzene rings is 1. The zero-order valence-corrected chi connectivity index (χ0v) is 15.5. The number of aromatic nitrogens is 1. The molecule has 1 unspecified atom stereocenters. The number of rotatable bonds is 5. The lowest BCUT2D eigenvalue weighted by atomic mass is 10.0. The number of nitrogens with zero attached hydrogens (tertiary/aromatic N) is 4. The second kappa shape index (κ2) is 7.53. The number of carbonyl (C=O) groups excluding carboxylic acids is 2. The normalized spacial score (nSPS) is 16.8. The summed E-state index contributed by atoms with van der Waals surface area (Å²) in [5.74, 6) is 4.99. The number of primary amides is 1. The third-order valence-corrected chi connectivity index (χ3v) is 4.24. The largest absolute Gasteiger partial charge is 0.434 e. The Balaban J connectivity index is 1.83. The molecule has 28 heavy (non-hydrogen) atoms. The first-order chi connectivity index (χ1) is 13.3. The number of amidine groups is 1. The number of amides is 2. The van der Waals surface area contributed by atoms with E-state index >= 15 is 0 Å². The summed E-state index contributed by atoms with van der Waals surface area (Å²) >= 11 is 0. The molecule has 0 spiro atoms. The predicted molar refractivity (Wildman–Crippen MR) is 104 cm³/mol. The molecule has 2 aromatic rings. The number of hydrazine groups is 1. The fourth-order valence-corrected chi connectivity index (χ4v) is 2.88. The summed E-state index contributed by atoms with van der Waals surface area (Å²) in [6, 6.07) is 9.18. The lowest BCUT2D eigenvalue weighted by Gasteiger charge is -2.16. The van der Waals surface area contributed by atoms with Crippen LogP contribution in [0.4, 0.5) is 10.5 Å². The molecule has 6 N–H and O–H groups in total. The first-order valence-electron chi connectivity index (χ1n) is 8.43. The lowest BCUT2D eigenvalue weighted by molar-refractivity contribution is -0.124. The minimum Gasteiger partial charge on any atom is -0.434 e. The van der Waals surface area contributed by atoms with E-state index in [1.807, 2.05) is 25.1 Å². The maximum atomic E-state index is 12.0. The van der Waals surface area contributed by atoms with Gasteiger partial charge in [0.25, 0.3) is 5.91 Å². The van der Waals surface area contributed by atoms with Gasteiger partial charge in [-0.1, -0.05) is 12.1 Å². The summed E-state index contributed by atoms with van der Waals surface area (Å²) in [5, 5.41) is 5.02. The Hall–Kier alpha value is -3.66. The highest BCUT2D eigenvalue weighted by Gasteiger charge is 2.36. The van der Waals surface area contributed by atoms with Crippen LogP contribution in [0.5, 0.6) is 0 Å². The van der Waals surface area contributed by atoms with Crippen LogP contribution in [-0.2, 0) is 9.53 Å². The van der Waals surface area contributed by atoms with Crippen molar-refractivity contribution in [2.45, 2.75) is 13.0 Å². The number of anilines is 1. The van der Waals surface area contributed by atoms with E-state index in [0.717, 1.165) is 21.8 Å². The van der Waals surface area contributed by atoms with Gasteiger partial charge in [-0.25, -0.2) is 15.8 Å². The number of cyclic esters (lactones) is 1. The zero-order chi connectivity index (χ0) is 20.4. The van der Waals surface area contributed by atoms with Gasteiger partial charge in [-0.2, -0.15) is 0 Å². The average Bonchev–Trinajstić information content (AvgIpc) is 3.03.